The van der Waals surface area contributed by atoms with Crippen molar-refractivity contribution in [1.82, 2.24) is 0 Å². The number of hydrogen-bond donors (Lipinski definition) is 0. The van der Waals surface area contributed by atoms with Gasteiger partial charge >= 0.3 is 71.6 Å². The summed E-state index contributed by atoms with van der Waals surface area (Å²) in [5, 5.41) is 0. The fraction of sp³-hybridized carbons (Fsp3) is 0.455. The minimum absolute atomic E-state index is 1.01. The zero-order valence-corrected chi connectivity index (χ0v) is 17.3. The fourth-order valence-corrected chi connectivity index (χ4v) is 111. The fourth-order valence-electron chi connectivity index (χ4n) is 18.1. The van der Waals surface area contributed by atoms with Crippen molar-refractivity contribution < 1.29 is 6.51 Å². The Kier molecular flexibility index (Phi) is 0.615. The molecule has 0 aliphatic carbocycles. The smallest absolute Gasteiger partial charge is 0.0184 e. The van der Waals surface area contributed by atoms with Crippen LogP contribution in [0.2, 0.25) is 38.5 Å². The molecule has 0 N–H and O–H groups in total. The van der Waals surface area contributed by atoms with Gasteiger partial charge in [-0.1, -0.05) is 60.7 Å². The van der Waals surface area contributed by atoms with Crippen LogP contribution >= 0.6 is 18.5 Å². The van der Waals surface area contributed by atoms with E-state index in [0.29, 0.717) is 0 Å². The maximum atomic E-state index is 3.50. The standard InChI is InChI=1S/C12H10.C5H7P2.C5H5.Fe/c1-3-7-11(8-4-1)12-9-5-2-6-10-12;6-4-2-1-3-5(4)7;1-2-4-5-3-1;/h1-10H;1-3H,6-7H2;1-5H;. The molecule has 12 rings (SSSR count). The van der Waals surface area contributed by atoms with Crippen molar-refractivity contribution >= 4 is 18.5 Å². The van der Waals surface area contributed by atoms with Gasteiger partial charge in [0.1, 0.15) is 0 Å². The first-order valence-corrected chi connectivity index (χ1v) is 17.2. The Balaban J connectivity index is 0.0000000826. The molecule has 6 unspecified atom stereocenters. The molecule has 10 heterocycles. The summed E-state index contributed by atoms with van der Waals surface area (Å²) in [7, 11) is 7.00. The molecule has 1 spiro atoms. The maximum Gasteiger partial charge on any atom is -0.0184 e. The molecular formula is C22H22FeP2. The monoisotopic (exact) mass is 404 g/mol. The zero-order valence-electron chi connectivity index (χ0n) is 13.9. The average molecular weight is 404 g/mol. The molecule has 10 fully saturated rings. The van der Waals surface area contributed by atoms with E-state index in [1.54, 1.807) is 0 Å². The Morgan fingerprint density at radius 2 is 0.920 bits per heavy atom. The van der Waals surface area contributed by atoms with E-state index in [9.17, 15) is 0 Å². The van der Waals surface area contributed by atoms with Gasteiger partial charge < -0.3 is 0 Å². The number of rotatable bonds is 1. The van der Waals surface area contributed by atoms with Gasteiger partial charge in [-0.25, -0.2) is 0 Å². The Morgan fingerprint density at radius 1 is 0.560 bits per heavy atom. The quantitative estimate of drug-likeness (QED) is 0.387. The summed E-state index contributed by atoms with van der Waals surface area (Å²) >= 11 is 0. The predicted octanol–water partition coefficient (Wildman–Crippen LogP) is 6.29. The van der Waals surface area contributed by atoms with E-state index in [1.807, 2.05) is 12.1 Å². The number of fused-ring (bicyclic) bond motifs is 10. The molecule has 10 aliphatic rings. The van der Waals surface area contributed by atoms with Crippen molar-refractivity contribution in [2.24, 2.45) is 0 Å². The third-order valence-corrected chi connectivity index (χ3v) is 71.5. The predicted molar refractivity (Wildman–Crippen MR) is 107 cm³/mol. The van der Waals surface area contributed by atoms with Crippen LogP contribution in [0.5, 0.6) is 0 Å². The van der Waals surface area contributed by atoms with Gasteiger partial charge in [-0.3, -0.25) is 0 Å². The van der Waals surface area contributed by atoms with Crippen LogP contribution in [-0.2, 0) is 6.51 Å². The Labute approximate surface area is 143 Å². The van der Waals surface area contributed by atoms with Crippen LogP contribution in [0.25, 0.3) is 11.1 Å². The van der Waals surface area contributed by atoms with Crippen molar-refractivity contribution in [2.45, 2.75) is 46.6 Å². The summed E-state index contributed by atoms with van der Waals surface area (Å²) < 4.78 is 2.02. The van der Waals surface area contributed by atoms with E-state index in [4.69, 9.17) is 0 Å². The molecule has 25 heavy (non-hydrogen) atoms. The molecule has 128 valence electrons. The first-order chi connectivity index (χ1) is 11.9. The van der Waals surface area contributed by atoms with Gasteiger partial charge in [0.15, 0.2) is 0 Å². The van der Waals surface area contributed by atoms with Crippen LogP contribution in [-0.4, -0.2) is 8.11 Å². The largest absolute Gasteiger partial charge is 0.0622 e. The maximum absolute atomic E-state index is 3.50. The Bertz CT molecular complexity index is 1340. The van der Waals surface area contributed by atoms with Crippen LogP contribution in [0.15, 0.2) is 60.7 Å². The summed E-state index contributed by atoms with van der Waals surface area (Å²) in [4.78, 5) is 11.8. The molecule has 10 aliphatic heterocycles. The van der Waals surface area contributed by atoms with Crippen molar-refractivity contribution in [3.8, 4) is 11.1 Å². The van der Waals surface area contributed by atoms with Gasteiger partial charge in [-0.05, 0) is 11.1 Å². The molecule has 0 nitrogen and oxygen atoms in total. The normalized spacial score (nSPS) is 86.8. The van der Waals surface area contributed by atoms with Crippen molar-refractivity contribution in [1.29, 1.82) is 0 Å². The summed E-state index contributed by atoms with van der Waals surface area (Å²) in [6, 6.07) is 20.8. The average Bonchev–Trinajstić information content (AvgIpc) is 3.62. The molecule has 0 radical (unpaired) electrons. The molecule has 10 saturated heterocycles. The summed E-state index contributed by atoms with van der Waals surface area (Å²) in [6.07, 6.45) is 0. The molecule has 6 atom stereocenters. The second kappa shape index (κ2) is 1.32. The van der Waals surface area contributed by atoms with E-state index in [0.717, 1.165) is 8.11 Å². The van der Waals surface area contributed by atoms with Crippen molar-refractivity contribution in [3.63, 3.8) is 0 Å². The van der Waals surface area contributed by atoms with Crippen LogP contribution in [0.3, 0.4) is 0 Å². The van der Waals surface area contributed by atoms with Gasteiger partial charge in [-0.15, -0.1) is 0 Å². The van der Waals surface area contributed by atoms with Crippen LogP contribution < -0.4 is 0 Å². The van der Waals surface area contributed by atoms with Gasteiger partial charge in [0, 0.05) is 0 Å². The van der Waals surface area contributed by atoms with Crippen molar-refractivity contribution in [2.75, 3.05) is 0 Å². The Morgan fingerprint density at radius 3 is 1.08 bits per heavy atom. The number of benzene rings is 2. The molecule has 2 aromatic carbocycles. The van der Waals surface area contributed by atoms with Crippen LogP contribution in [0.4, 0.5) is 0 Å². The molecule has 0 amide bonds. The topological polar surface area (TPSA) is 0 Å². The van der Waals surface area contributed by atoms with Gasteiger partial charge in [-0.2, -0.15) is 0 Å². The second-order valence-corrected chi connectivity index (χ2v) is 38.8. The first-order valence-electron chi connectivity index (χ1n) is 9.80. The third kappa shape index (κ3) is 0.186. The molecule has 2 aromatic rings. The van der Waals surface area contributed by atoms with Gasteiger partial charge in [0.05, 0.1) is 0 Å². The summed E-state index contributed by atoms with van der Waals surface area (Å²) in [5.41, 5.74) is 2.55. The van der Waals surface area contributed by atoms with Crippen LogP contribution in [0, 0.1) is 0 Å². The van der Waals surface area contributed by atoms with Crippen LogP contribution in [0.1, 0.15) is 0 Å². The van der Waals surface area contributed by atoms with E-state index < -0.39 is 6.51 Å². The minimum atomic E-state index is -2.69. The minimum Gasteiger partial charge on any atom is -0.0622 e. The van der Waals surface area contributed by atoms with E-state index in [1.165, 1.54) is 49.7 Å². The SMILES string of the molecule is P[C]12[CH]3[CH]4[CH]5[C]1(P)[Fe]43521678[CH]2[CH]1[CH]6[CH]7[CH]28.c1ccc(-c2ccccc2)cc1. The van der Waals surface area contributed by atoms with Crippen molar-refractivity contribution in [3.05, 3.63) is 60.7 Å². The third-order valence-electron chi connectivity index (χ3n) is 17.0. The van der Waals surface area contributed by atoms with Gasteiger partial charge in [0.2, 0.25) is 0 Å². The Hall–Kier alpha value is -0.181. The van der Waals surface area contributed by atoms with E-state index in [2.05, 4.69) is 67.0 Å². The first kappa shape index (κ1) is 11.6. The number of hydrogen-bond acceptors (Lipinski definition) is 0. The molecule has 3 heteroatoms. The second-order valence-electron chi connectivity index (χ2n) is 12.6. The zero-order chi connectivity index (χ0) is 16.2. The van der Waals surface area contributed by atoms with E-state index in [-0.39, 0.29) is 0 Å². The molecule has 0 bridgehead atoms. The molecular weight excluding hydrogens is 382 g/mol. The summed E-state index contributed by atoms with van der Waals surface area (Å²) in [5.74, 6) is 0. The van der Waals surface area contributed by atoms with Gasteiger partial charge in [0.25, 0.3) is 0 Å². The summed E-state index contributed by atoms with van der Waals surface area (Å²) in [6.45, 7) is -2.69. The molecule has 0 saturated carbocycles. The molecule has 0 aromatic heterocycles. The van der Waals surface area contributed by atoms with E-state index >= 15 is 0 Å².